The van der Waals surface area contributed by atoms with Gasteiger partial charge in [0.15, 0.2) is 0 Å². The Labute approximate surface area is 109 Å². The van der Waals surface area contributed by atoms with Crippen molar-refractivity contribution in [3.8, 4) is 0 Å². The van der Waals surface area contributed by atoms with E-state index in [0.717, 1.165) is 17.7 Å². The van der Waals surface area contributed by atoms with Gasteiger partial charge in [-0.2, -0.15) is 13.2 Å². The van der Waals surface area contributed by atoms with Crippen LogP contribution in [0.25, 0.3) is 0 Å². The highest BCUT2D eigenvalue weighted by atomic mass is 19.4. The second kappa shape index (κ2) is 5.45. The molecule has 1 atom stereocenters. The minimum atomic E-state index is -4.31. The number of halogens is 3. The zero-order chi connectivity index (χ0) is 13.9. The van der Waals surface area contributed by atoms with Gasteiger partial charge >= 0.3 is 6.18 Å². The van der Waals surface area contributed by atoms with Crippen LogP contribution in [0.5, 0.6) is 0 Å². The van der Waals surface area contributed by atoms with Gasteiger partial charge in [0.1, 0.15) is 0 Å². The van der Waals surface area contributed by atoms with E-state index < -0.39 is 11.7 Å². The minimum Gasteiger partial charge on any atom is -0.324 e. The fourth-order valence-electron chi connectivity index (χ4n) is 1.95. The summed E-state index contributed by atoms with van der Waals surface area (Å²) in [5, 5.41) is 0. The Hall–Kier alpha value is -1.81. The summed E-state index contributed by atoms with van der Waals surface area (Å²) in [6.07, 6.45) is -3.93. The Kier molecular flexibility index (Phi) is 3.90. The molecule has 2 aromatic rings. The third-order valence-corrected chi connectivity index (χ3v) is 2.94. The first-order valence-electron chi connectivity index (χ1n) is 5.93. The molecule has 19 heavy (non-hydrogen) atoms. The van der Waals surface area contributed by atoms with Crippen molar-refractivity contribution < 1.29 is 13.2 Å². The number of hydrogen-bond donors (Lipinski definition) is 1. The topological polar surface area (TPSA) is 26.0 Å². The van der Waals surface area contributed by atoms with Gasteiger partial charge in [-0.25, -0.2) is 0 Å². The fraction of sp³-hybridized carbons (Fsp3) is 0.200. The molecular weight excluding hydrogens is 251 g/mol. The normalized spacial score (nSPS) is 13.3. The van der Waals surface area contributed by atoms with Gasteiger partial charge in [-0.05, 0) is 23.6 Å². The predicted molar refractivity (Wildman–Crippen MR) is 68.5 cm³/mol. The molecule has 0 amide bonds. The quantitative estimate of drug-likeness (QED) is 0.893. The van der Waals surface area contributed by atoms with Gasteiger partial charge in [0, 0.05) is 6.04 Å². The zero-order valence-corrected chi connectivity index (χ0v) is 10.2. The number of benzene rings is 2. The van der Waals surface area contributed by atoms with Crippen molar-refractivity contribution >= 4 is 0 Å². The average molecular weight is 265 g/mol. The lowest BCUT2D eigenvalue weighted by Gasteiger charge is -2.13. The number of alkyl halides is 3. The monoisotopic (exact) mass is 265 g/mol. The molecule has 0 bridgehead atoms. The summed E-state index contributed by atoms with van der Waals surface area (Å²) in [4.78, 5) is 0. The van der Waals surface area contributed by atoms with Crippen LogP contribution < -0.4 is 5.73 Å². The first-order chi connectivity index (χ1) is 8.97. The van der Waals surface area contributed by atoms with E-state index in [1.807, 2.05) is 30.3 Å². The molecule has 0 heterocycles. The molecule has 2 rings (SSSR count). The van der Waals surface area contributed by atoms with Gasteiger partial charge < -0.3 is 5.73 Å². The van der Waals surface area contributed by atoms with Crippen LogP contribution in [0.3, 0.4) is 0 Å². The Morgan fingerprint density at radius 2 is 1.63 bits per heavy atom. The second-order valence-electron chi connectivity index (χ2n) is 4.42. The molecule has 2 aromatic carbocycles. The highest BCUT2D eigenvalue weighted by Gasteiger charge is 2.30. The van der Waals surface area contributed by atoms with Gasteiger partial charge in [-0.1, -0.05) is 48.5 Å². The van der Waals surface area contributed by atoms with Gasteiger partial charge in [-0.3, -0.25) is 0 Å². The standard InChI is InChI=1S/C15H14F3N/c16-15(17,18)13-8-4-5-11(9-13)10-14(19)12-6-2-1-3-7-12/h1-9,14H,10,19H2. The number of nitrogens with two attached hydrogens (primary N) is 1. The van der Waals surface area contributed by atoms with Gasteiger partial charge in [0.05, 0.1) is 5.56 Å². The summed E-state index contributed by atoms with van der Waals surface area (Å²) in [7, 11) is 0. The van der Waals surface area contributed by atoms with Crippen molar-refractivity contribution in [1.82, 2.24) is 0 Å². The van der Waals surface area contributed by atoms with E-state index in [1.165, 1.54) is 6.07 Å². The summed E-state index contributed by atoms with van der Waals surface area (Å²) >= 11 is 0. The molecule has 1 unspecified atom stereocenters. The summed E-state index contributed by atoms with van der Waals surface area (Å²) in [5.74, 6) is 0. The van der Waals surface area contributed by atoms with Crippen LogP contribution in [0.1, 0.15) is 22.7 Å². The molecule has 0 radical (unpaired) electrons. The van der Waals surface area contributed by atoms with Crippen LogP contribution in [0.4, 0.5) is 13.2 Å². The Balaban J connectivity index is 2.16. The van der Waals surface area contributed by atoms with Crippen molar-refractivity contribution in [2.45, 2.75) is 18.6 Å². The molecule has 2 N–H and O–H groups in total. The molecule has 1 nitrogen and oxygen atoms in total. The third-order valence-electron chi connectivity index (χ3n) is 2.94. The van der Waals surface area contributed by atoms with Gasteiger partial charge in [0.2, 0.25) is 0 Å². The molecule has 0 aliphatic rings. The minimum absolute atomic E-state index is 0.301. The van der Waals surface area contributed by atoms with Crippen LogP contribution in [-0.2, 0) is 12.6 Å². The lowest BCUT2D eigenvalue weighted by molar-refractivity contribution is -0.137. The van der Waals surface area contributed by atoms with E-state index in [4.69, 9.17) is 5.73 Å². The highest BCUT2D eigenvalue weighted by Crippen LogP contribution is 2.30. The maximum atomic E-state index is 12.6. The Morgan fingerprint density at radius 3 is 2.26 bits per heavy atom. The molecule has 0 spiro atoms. The average Bonchev–Trinajstić information content (AvgIpc) is 2.39. The summed E-state index contributed by atoms with van der Waals surface area (Å²) in [5.41, 5.74) is 6.88. The van der Waals surface area contributed by atoms with Crippen LogP contribution >= 0.6 is 0 Å². The van der Waals surface area contributed by atoms with Crippen molar-refractivity contribution in [3.63, 3.8) is 0 Å². The first-order valence-corrected chi connectivity index (χ1v) is 5.93. The predicted octanol–water partition coefficient (Wildman–Crippen LogP) is 3.95. The van der Waals surface area contributed by atoms with Crippen molar-refractivity contribution in [2.24, 2.45) is 5.73 Å². The maximum Gasteiger partial charge on any atom is 0.416 e. The van der Waals surface area contributed by atoms with Crippen molar-refractivity contribution in [1.29, 1.82) is 0 Å². The van der Waals surface area contributed by atoms with Crippen molar-refractivity contribution in [3.05, 3.63) is 71.3 Å². The molecule has 100 valence electrons. The van der Waals surface area contributed by atoms with E-state index in [-0.39, 0.29) is 6.04 Å². The largest absolute Gasteiger partial charge is 0.416 e. The Bertz CT molecular complexity index is 535. The molecule has 0 aliphatic carbocycles. The lowest BCUT2D eigenvalue weighted by Crippen LogP contribution is -2.14. The Morgan fingerprint density at radius 1 is 0.947 bits per heavy atom. The third kappa shape index (κ3) is 3.58. The van der Waals surface area contributed by atoms with Crippen molar-refractivity contribution in [2.75, 3.05) is 0 Å². The van der Waals surface area contributed by atoms with E-state index in [1.54, 1.807) is 6.07 Å². The smallest absolute Gasteiger partial charge is 0.324 e. The van der Waals surface area contributed by atoms with Gasteiger partial charge in [-0.15, -0.1) is 0 Å². The van der Waals surface area contributed by atoms with Crippen LogP contribution in [0, 0.1) is 0 Å². The van der Waals surface area contributed by atoms with E-state index in [9.17, 15) is 13.2 Å². The van der Waals surface area contributed by atoms with Gasteiger partial charge in [0.25, 0.3) is 0 Å². The van der Waals surface area contributed by atoms with Crippen LogP contribution in [0.15, 0.2) is 54.6 Å². The highest BCUT2D eigenvalue weighted by molar-refractivity contribution is 5.28. The molecule has 0 aliphatic heterocycles. The number of rotatable bonds is 3. The number of hydrogen-bond acceptors (Lipinski definition) is 1. The summed E-state index contributed by atoms with van der Waals surface area (Å²) in [6, 6.07) is 14.3. The zero-order valence-electron chi connectivity index (χ0n) is 10.2. The summed E-state index contributed by atoms with van der Waals surface area (Å²) in [6.45, 7) is 0. The molecular formula is C15H14F3N. The molecule has 0 saturated carbocycles. The first kappa shape index (κ1) is 13.6. The second-order valence-corrected chi connectivity index (χ2v) is 4.42. The SMILES string of the molecule is NC(Cc1cccc(C(F)(F)F)c1)c1ccccc1. The lowest BCUT2D eigenvalue weighted by atomic mass is 9.98. The van der Waals surface area contributed by atoms with E-state index in [0.29, 0.717) is 12.0 Å². The summed E-state index contributed by atoms with van der Waals surface area (Å²) < 4.78 is 37.8. The molecule has 0 saturated heterocycles. The van der Waals surface area contributed by atoms with Crippen LogP contribution in [-0.4, -0.2) is 0 Å². The maximum absolute atomic E-state index is 12.6. The molecule has 0 fully saturated rings. The van der Waals surface area contributed by atoms with E-state index >= 15 is 0 Å². The molecule has 0 aromatic heterocycles. The molecule has 4 heteroatoms. The van der Waals surface area contributed by atoms with Crippen LogP contribution in [0.2, 0.25) is 0 Å². The fourth-order valence-corrected chi connectivity index (χ4v) is 1.95. The van der Waals surface area contributed by atoms with E-state index in [2.05, 4.69) is 0 Å².